The molecule has 7 heteroatoms. The number of aryl methyl sites for hydroxylation is 1. The predicted octanol–water partition coefficient (Wildman–Crippen LogP) is 2.88. The van der Waals surface area contributed by atoms with Crippen LogP contribution in [0.4, 0.5) is 5.82 Å². The molecule has 0 aliphatic rings. The first-order chi connectivity index (χ1) is 11.6. The van der Waals surface area contributed by atoms with Crippen molar-refractivity contribution in [3.63, 3.8) is 0 Å². The highest BCUT2D eigenvalue weighted by Crippen LogP contribution is 2.24. The van der Waals surface area contributed by atoms with Crippen molar-refractivity contribution in [1.82, 2.24) is 14.5 Å². The van der Waals surface area contributed by atoms with Gasteiger partial charge in [-0.05, 0) is 13.0 Å². The number of Topliss-reactive ketones (excluding diaryl/α,β-unsaturated/α-hetero) is 1. The summed E-state index contributed by atoms with van der Waals surface area (Å²) in [5.74, 6) is 0.350. The SMILES string of the molecule is CCn1cc(C(=O)CSc2ncc(C#N)c(N)n2)c2ccccc21. The summed E-state index contributed by atoms with van der Waals surface area (Å²) in [6.07, 6.45) is 3.26. The number of nitrogens with zero attached hydrogens (tertiary/aromatic N) is 4. The van der Waals surface area contributed by atoms with Crippen LogP contribution in [0, 0.1) is 11.3 Å². The zero-order valence-corrected chi connectivity index (χ0v) is 13.9. The molecule has 24 heavy (non-hydrogen) atoms. The zero-order valence-electron chi connectivity index (χ0n) is 13.1. The molecule has 0 fully saturated rings. The van der Waals surface area contributed by atoms with E-state index >= 15 is 0 Å². The van der Waals surface area contributed by atoms with Crippen LogP contribution in [0.3, 0.4) is 0 Å². The summed E-state index contributed by atoms with van der Waals surface area (Å²) in [7, 11) is 0. The van der Waals surface area contributed by atoms with Crippen molar-refractivity contribution in [1.29, 1.82) is 5.26 Å². The minimum atomic E-state index is 0.00920. The first-order valence-electron chi connectivity index (χ1n) is 7.40. The van der Waals surface area contributed by atoms with Gasteiger partial charge >= 0.3 is 0 Å². The molecule has 2 aromatic heterocycles. The van der Waals surface area contributed by atoms with Crippen molar-refractivity contribution in [3.8, 4) is 6.07 Å². The predicted molar refractivity (Wildman–Crippen MR) is 93.8 cm³/mol. The summed E-state index contributed by atoms with van der Waals surface area (Å²) < 4.78 is 2.06. The summed E-state index contributed by atoms with van der Waals surface area (Å²) in [6.45, 7) is 2.85. The number of nitrogens with two attached hydrogens (primary N) is 1. The number of para-hydroxylation sites is 1. The van der Waals surface area contributed by atoms with Crippen LogP contribution < -0.4 is 5.73 Å². The van der Waals surface area contributed by atoms with E-state index in [1.54, 1.807) is 0 Å². The van der Waals surface area contributed by atoms with E-state index < -0.39 is 0 Å². The van der Waals surface area contributed by atoms with Crippen LogP contribution in [0.25, 0.3) is 10.9 Å². The van der Waals surface area contributed by atoms with Gasteiger partial charge < -0.3 is 10.3 Å². The fraction of sp³-hybridized carbons (Fsp3) is 0.176. The monoisotopic (exact) mass is 337 g/mol. The third-order valence-corrected chi connectivity index (χ3v) is 4.54. The number of thioether (sulfide) groups is 1. The number of nitriles is 1. The second kappa shape index (κ2) is 6.72. The van der Waals surface area contributed by atoms with E-state index in [0.29, 0.717) is 10.7 Å². The molecule has 0 spiro atoms. The molecule has 2 heterocycles. The van der Waals surface area contributed by atoms with E-state index in [4.69, 9.17) is 11.0 Å². The maximum Gasteiger partial charge on any atom is 0.189 e. The summed E-state index contributed by atoms with van der Waals surface area (Å²) in [4.78, 5) is 20.7. The van der Waals surface area contributed by atoms with Crippen LogP contribution in [-0.2, 0) is 6.54 Å². The molecule has 1 aromatic carbocycles. The molecule has 0 atom stereocenters. The number of aromatic nitrogens is 3. The normalized spacial score (nSPS) is 10.7. The number of nitrogen functional groups attached to an aromatic ring is 1. The fourth-order valence-corrected chi connectivity index (χ4v) is 3.18. The standard InChI is InChI=1S/C17H15N5OS/c1-2-22-9-13(12-5-3-4-6-14(12)22)15(23)10-24-17-20-8-11(7-18)16(19)21-17/h3-6,8-9H,2,10H2,1H3,(H2,19,20,21). The van der Waals surface area contributed by atoms with Gasteiger partial charge in [0.05, 0.1) is 11.9 Å². The molecule has 3 rings (SSSR count). The van der Waals surface area contributed by atoms with Crippen LogP contribution >= 0.6 is 11.8 Å². The molecular formula is C17H15N5OS. The third-order valence-electron chi connectivity index (χ3n) is 3.68. The third kappa shape index (κ3) is 2.96. The molecule has 0 radical (unpaired) electrons. The Bertz CT molecular complexity index is 957. The zero-order chi connectivity index (χ0) is 17.1. The van der Waals surface area contributed by atoms with Crippen molar-refractivity contribution < 1.29 is 4.79 Å². The second-order valence-corrected chi connectivity index (χ2v) is 6.06. The first-order valence-corrected chi connectivity index (χ1v) is 8.39. The van der Waals surface area contributed by atoms with Gasteiger partial charge in [0.1, 0.15) is 17.5 Å². The van der Waals surface area contributed by atoms with Crippen molar-refractivity contribution in [2.45, 2.75) is 18.6 Å². The number of anilines is 1. The van der Waals surface area contributed by atoms with Gasteiger partial charge in [0.25, 0.3) is 0 Å². The van der Waals surface area contributed by atoms with Crippen molar-refractivity contribution >= 4 is 34.3 Å². The van der Waals surface area contributed by atoms with Gasteiger partial charge in [0.15, 0.2) is 10.9 Å². The van der Waals surface area contributed by atoms with Gasteiger partial charge in [0, 0.05) is 29.2 Å². The first kappa shape index (κ1) is 16.0. The molecule has 0 bridgehead atoms. The Labute approximate surface area is 143 Å². The van der Waals surface area contributed by atoms with E-state index in [1.165, 1.54) is 18.0 Å². The lowest BCUT2D eigenvalue weighted by atomic mass is 10.1. The topological polar surface area (TPSA) is 97.6 Å². The van der Waals surface area contributed by atoms with Crippen molar-refractivity contribution in [2.75, 3.05) is 11.5 Å². The number of hydrogen-bond donors (Lipinski definition) is 1. The molecule has 3 aromatic rings. The molecule has 0 aliphatic heterocycles. The number of carbonyl (C=O) groups excluding carboxylic acids is 1. The van der Waals surface area contributed by atoms with Crippen LogP contribution in [0.1, 0.15) is 22.8 Å². The lowest BCUT2D eigenvalue weighted by Gasteiger charge is -2.01. The molecule has 0 aliphatic carbocycles. The van der Waals surface area contributed by atoms with Crippen molar-refractivity contribution in [2.24, 2.45) is 0 Å². The van der Waals surface area contributed by atoms with Gasteiger partial charge in [-0.25, -0.2) is 9.97 Å². The molecule has 0 amide bonds. The van der Waals surface area contributed by atoms with E-state index in [1.807, 2.05) is 43.5 Å². The van der Waals surface area contributed by atoms with Crippen LogP contribution in [0.5, 0.6) is 0 Å². The Kier molecular flexibility index (Phi) is 4.49. The average Bonchev–Trinajstić information content (AvgIpc) is 2.99. The Balaban J connectivity index is 1.81. The molecular weight excluding hydrogens is 322 g/mol. The van der Waals surface area contributed by atoms with Gasteiger partial charge in [-0.1, -0.05) is 30.0 Å². The Hall–Kier alpha value is -2.85. The summed E-state index contributed by atoms with van der Waals surface area (Å²) in [6, 6.07) is 9.77. The number of hydrogen-bond acceptors (Lipinski definition) is 6. The summed E-state index contributed by atoms with van der Waals surface area (Å²) >= 11 is 1.21. The van der Waals surface area contributed by atoms with Crippen molar-refractivity contribution in [3.05, 3.63) is 47.8 Å². The van der Waals surface area contributed by atoms with Gasteiger partial charge in [-0.15, -0.1) is 0 Å². The second-order valence-electron chi connectivity index (χ2n) is 5.12. The van der Waals surface area contributed by atoms with Gasteiger partial charge in [-0.3, -0.25) is 4.79 Å². The number of ketones is 1. The lowest BCUT2D eigenvalue weighted by Crippen LogP contribution is -2.04. The summed E-state index contributed by atoms with van der Waals surface area (Å²) in [5, 5.41) is 10.2. The van der Waals surface area contributed by atoms with E-state index in [0.717, 1.165) is 17.4 Å². The van der Waals surface area contributed by atoms with Gasteiger partial charge in [0.2, 0.25) is 0 Å². The highest BCUT2D eigenvalue weighted by Gasteiger charge is 2.15. The van der Waals surface area contributed by atoms with Gasteiger partial charge in [-0.2, -0.15) is 5.26 Å². The average molecular weight is 337 g/mol. The highest BCUT2D eigenvalue weighted by molar-refractivity contribution is 7.99. The molecule has 0 saturated carbocycles. The quantitative estimate of drug-likeness (QED) is 0.437. The maximum absolute atomic E-state index is 12.6. The number of rotatable bonds is 5. The van der Waals surface area contributed by atoms with Crippen LogP contribution in [0.15, 0.2) is 41.8 Å². The van der Waals surface area contributed by atoms with Crippen LogP contribution in [-0.4, -0.2) is 26.1 Å². The molecule has 6 nitrogen and oxygen atoms in total. The minimum absolute atomic E-state index is 0.00920. The number of fused-ring (bicyclic) bond motifs is 1. The van der Waals surface area contributed by atoms with E-state index in [9.17, 15) is 4.79 Å². The van der Waals surface area contributed by atoms with E-state index in [-0.39, 0.29) is 22.9 Å². The fourth-order valence-electron chi connectivity index (χ4n) is 2.47. The smallest absolute Gasteiger partial charge is 0.189 e. The highest BCUT2D eigenvalue weighted by atomic mass is 32.2. The molecule has 0 unspecified atom stereocenters. The number of benzene rings is 1. The summed E-state index contributed by atoms with van der Waals surface area (Å²) in [5.41, 5.74) is 7.65. The minimum Gasteiger partial charge on any atom is -0.382 e. The number of carbonyl (C=O) groups is 1. The lowest BCUT2D eigenvalue weighted by molar-refractivity contribution is 0.102. The molecule has 120 valence electrons. The van der Waals surface area contributed by atoms with E-state index in [2.05, 4.69) is 14.5 Å². The largest absolute Gasteiger partial charge is 0.382 e. The van der Waals surface area contributed by atoms with Crippen LogP contribution in [0.2, 0.25) is 0 Å². The Morgan fingerprint density at radius 2 is 2.21 bits per heavy atom. The molecule has 0 saturated heterocycles. The maximum atomic E-state index is 12.6. The Morgan fingerprint density at radius 1 is 1.42 bits per heavy atom. The molecule has 2 N–H and O–H groups in total. The Morgan fingerprint density at radius 3 is 2.92 bits per heavy atom.